The first-order chi connectivity index (χ1) is 8.58. The molecule has 0 spiro atoms. The number of hydrogen-bond acceptors (Lipinski definition) is 7. The number of nitrogens with two attached hydrogens (primary N) is 2. The van der Waals surface area contributed by atoms with Crippen molar-refractivity contribution in [3.8, 4) is 0 Å². The van der Waals surface area contributed by atoms with Crippen LogP contribution in [0.4, 0.5) is 17.6 Å². The van der Waals surface area contributed by atoms with Crippen LogP contribution in [-0.4, -0.2) is 50.0 Å². The minimum Gasteiger partial charge on any atom is -0.383 e. The van der Waals surface area contributed by atoms with Crippen molar-refractivity contribution >= 4 is 17.6 Å². The molecule has 1 aromatic heterocycles. The lowest BCUT2D eigenvalue weighted by Gasteiger charge is -2.29. The average Bonchev–Trinajstić information content (AvgIpc) is 2.28. The minimum atomic E-state index is 0.138. The lowest BCUT2D eigenvalue weighted by Crippen LogP contribution is -2.39. The minimum absolute atomic E-state index is 0.138. The fourth-order valence-electron chi connectivity index (χ4n) is 1.70. The zero-order valence-corrected chi connectivity index (χ0v) is 11.1. The van der Waals surface area contributed by atoms with Crippen molar-refractivity contribution in [2.75, 3.05) is 50.3 Å². The second-order valence-electron chi connectivity index (χ2n) is 4.00. The molecule has 1 rings (SSSR count). The van der Waals surface area contributed by atoms with Crippen LogP contribution in [0.15, 0.2) is 6.07 Å². The van der Waals surface area contributed by atoms with Crippen molar-refractivity contribution in [3.05, 3.63) is 6.07 Å². The molecule has 0 saturated carbocycles. The number of nitrogen functional groups attached to an aromatic ring is 2. The predicted octanol–water partition coefficient (Wildman–Crippen LogP) is 0.129. The molecular weight excluding hydrogens is 234 g/mol. The van der Waals surface area contributed by atoms with E-state index in [2.05, 4.69) is 9.97 Å². The SMILES string of the molecule is COCCN(c1cc(N)nc(N)n1)C(C)COC. The van der Waals surface area contributed by atoms with Gasteiger partial charge in [0.25, 0.3) is 0 Å². The fraction of sp³-hybridized carbons (Fsp3) is 0.636. The molecule has 1 unspecified atom stereocenters. The molecule has 1 atom stereocenters. The number of hydrogen-bond donors (Lipinski definition) is 2. The van der Waals surface area contributed by atoms with E-state index in [9.17, 15) is 0 Å². The zero-order chi connectivity index (χ0) is 13.5. The maximum Gasteiger partial charge on any atom is 0.223 e. The van der Waals surface area contributed by atoms with Crippen molar-refractivity contribution in [1.82, 2.24) is 9.97 Å². The number of ether oxygens (including phenoxy) is 2. The summed E-state index contributed by atoms with van der Waals surface area (Å²) >= 11 is 0. The van der Waals surface area contributed by atoms with E-state index in [0.717, 1.165) is 0 Å². The Kier molecular flexibility index (Phi) is 5.60. The lowest BCUT2D eigenvalue weighted by atomic mass is 10.3. The number of aromatic nitrogens is 2. The lowest BCUT2D eigenvalue weighted by molar-refractivity contribution is 0.170. The summed E-state index contributed by atoms with van der Waals surface area (Å²) in [5, 5.41) is 0. The Morgan fingerprint density at radius 2 is 2.00 bits per heavy atom. The molecule has 0 aliphatic carbocycles. The highest BCUT2D eigenvalue weighted by atomic mass is 16.5. The Balaban J connectivity index is 2.92. The largest absolute Gasteiger partial charge is 0.383 e. The Morgan fingerprint density at radius 1 is 1.28 bits per heavy atom. The average molecular weight is 255 g/mol. The van der Waals surface area contributed by atoms with E-state index >= 15 is 0 Å². The molecule has 0 aromatic carbocycles. The molecule has 4 N–H and O–H groups in total. The van der Waals surface area contributed by atoms with Crippen LogP contribution in [0, 0.1) is 0 Å². The van der Waals surface area contributed by atoms with E-state index in [-0.39, 0.29) is 12.0 Å². The third-order valence-electron chi connectivity index (χ3n) is 2.52. The number of methoxy groups -OCH3 is 2. The van der Waals surface area contributed by atoms with Gasteiger partial charge in [0.1, 0.15) is 11.6 Å². The molecule has 7 nitrogen and oxygen atoms in total. The molecule has 0 radical (unpaired) electrons. The van der Waals surface area contributed by atoms with Gasteiger partial charge in [-0.1, -0.05) is 0 Å². The Morgan fingerprint density at radius 3 is 2.56 bits per heavy atom. The van der Waals surface area contributed by atoms with Gasteiger partial charge in [-0.3, -0.25) is 0 Å². The highest BCUT2D eigenvalue weighted by Gasteiger charge is 2.16. The van der Waals surface area contributed by atoms with Crippen molar-refractivity contribution in [3.63, 3.8) is 0 Å². The third-order valence-corrected chi connectivity index (χ3v) is 2.52. The van der Waals surface area contributed by atoms with Gasteiger partial charge in [-0.25, -0.2) is 0 Å². The summed E-state index contributed by atoms with van der Waals surface area (Å²) < 4.78 is 10.3. The highest BCUT2D eigenvalue weighted by molar-refractivity contribution is 5.51. The summed E-state index contributed by atoms with van der Waals surface area (Å²) in [4.78, 5) is 10.1. The molecule has 0 bridgehead atoms. The van der Waals surface area contributed by atoms with Gasteiger partial charge in [-0.15, -0.1) is 0 Å². The summed E-state index contributed by atoms with van der Waals surface area (Å²) in [5.41, 5.74) is 11.3. The molecule has 0 amide bonds. The van der Waals surface area contributed by atoms with E-state index in [4.69, 9.17) is 20.9 Å². The van der Waals surface area contributed by atoms with Gasteiger partial charge in [-0.05, 0) is 6.92 Å². The zero-order valence-electron chi connectivity index (χ0n) is 11.1. The third kappa shape index (κ3) is 4.01. The second-order valence-corrected chi connectivity index (χ2v) is 4.00. The first-order valence-corrected chi connectivity index (χ1v) is 5.73. The summed E-state index contributed by atoms with van der Waals surface area (Å²) in [6, 6.07) is 1.83. The fourth-order valence-corrected chi connectivity index (χ4v) is 1.70. The first-order valence-electron chi connectivity index (χ1n) is 5.73. The maximum absolute atomic E-state index is 5.68. The number of rotatable bonds is 7. The van der Waals surface area contributed by atoms with E-state index in [0.29, 0.717) is 31.4 Å². The van der Waals surface area contributed by atoms with Gasteiger partial charge >= 0.3 is 0 Å². The molecule has 0 fully saturated rings. The molecule has 18 heavy (non-hydrogen) atoms. The number of anilines is 3. The molecule has 102 valence electrons. The van der Waals surface area contributed by atoms with Gasteiger partial charge in [-0.2, -0.15) is 9.97 Å². The summed E-state index contributed by atoms with van der Waals surface area (Å²) in [6.45, 7) is 3.87. The molecule has 7 heteroatoms. The Bertz CT molecular complexity index is 354. The quantitative estimate of drug-likeness (QED) is 0.714. The van der Waals surface area contributed by atoms with Crippen molar-refractivity contribution in [2.24, 2.45) is 0 Å². The van der Waals surface area contributed by atoms with Crippen molar-refractivity contribution < 1.29 is 9.47 Å². The van der Waals surface area contributed by atoms with Gasteiger partial charge in [0, 0.05) is 26.8 Å². The Hall–Kier alpha value is -1.60. The molecular formula is C11H21N5O2. The normalized spacial score (nSPS) is 12.4. The summed E-state index contributed by atoms with van der Waals surface area (Å²) in [6.07, 6.45) is 0. The smallest absolute Gasteiger partial charge is 0.223 e. The van der Waals surface area contributed by atoms with Crippen LogP contribution in [0.3, 0.4) is 0 Å². The van der Waals surface area contributed by atoms with Crippen LogP contribution >= 0.6 is 0 Å². The molecule has 0 saturated heterocycles. The van der Waals surface area contributed by atoms with Gasteiger partial charge in [0.15, 0.2) is 0 Å². The topological polar surface area (TPSA) is 99.5 Å². The van der Waals surface area contributed by atoms with Gasteiger partial charge < -0.3 is 25.8 Å². The van der Waals surface area contributed by atoms with Crippen LogP contribution in [0.1, 0.15) is 6.92 Å². The van der Waals surface area contributed by atoms with E-state index < -0.39 is 0 Å². The molecule has 0 aliphatic rings. The standard InChI is InChI=1S/C11H21N5O2/c1-8(7-18-3)16(4-5-17-2)10-6-9(12)14-11(13)15-10/h6,8H,4-5,7H2,1-3H3,(H4,12,13,14,15). The van der Waals surface area contributed by atoms with E-state index in [1.165, 1.54) is 0 Å². The molecule has 1 aromatic rings. The van der Waals surface area contributed by atoms with E-state index in [1.54, 1.807) is 20.3 Å². The molecule has 0 aliphatic heterocycles. The first kappa shape index (κ1) is 14.5. The summed E-state index contributed by atoms with van der Waals surface area (Å²) in [5.74, 6) is 1.20. The Labute approximate surface area is 107 Å². The second kappa shape index (κ2) is 6.97. The summed E-state index contributed by atoms with van der Waals surface area (Å²) in [7, 11) is 3.32. The number of nitrogens with zero attached hydrogens (tertiary/aromatic N) is 3. The highest BCUT2D eigenvalue weighted by Crippen LogP contribution is 2.17. The van der Waals surface area contributed by atoms with Gasteiger partial charge in [0.2, 0.25) is 5.95 Å². The van der Waals surface area contributed by atoms with Crippen LogP contribution in [0.5, 0.6) is 0 Å². The van der Waals surface area contributed by atoms with Crippen molar-refractivity contribution in [2.45, 2.75) is 13.0 Å². The van der Waals surface area contributed by atoms with Crippen LogP contribution in [0.2, 0.25) is 0 Å². The van der Waals surface area contributed by atoms with Crippen LogP contribution < -0.4 is 16.4 Å². The molecule has 1 heterocycles. The maximum atomic E-state index is 5.68. The predicted molar refractivity (Wildman–Crippen MR) is 71.4 cm³/mol. The van der Waals surface area contributed by atoms with Crippen LogP contribution in [-0.2, 0) is 9.47 Å². The van der Waals surface area contributed by atoms with Crippen molar-refractivity contribution in [1.29, 1.82) is 0 Å². The van der Waals surface area contributed by atoms with Crippen LogP contribution in [0.25, 0.3) is 0 Å². The monoisotopic (exact) mass is 255 g/mol. The van der Waals surface area contributed by atoms with E-state index in [1.807, 2.05) is 11.8 Å². The van der Waals surface area contributed by atoms with Gasteiger partial charge in [0.05, 0.1) is 19.3 Å².